The molecule has 0 radical (unpaired) electrons. The van der Waals surface area contributed by atoms with Crippen molar-refractivity contribution >= 4 is 0 Å². The molecule has 1 saturated carbocycles. The lowest BCUT2D eigenvalue weighted by molar-refractivity contribution is 0.682. The number of nitrogens with one attached hydrogen (secondary N) is 1. The first kappa shape index (κ1) is 12.4. The molecule has 100 valence electrons. The van der Waals surface area contributed by atoms with E-state index in [0.717, 1.165) is 31.3 Å². The maximum Gasteiger partial charge on any atom is 0.113 e. The highest BCUT2D eigenvalue weighted by atomic mass is 15.1. The van der Waals surface area contributed by atoms with Gasteiger partial charge in [-0.3, -0.25) is 0 Å². The number of nitrogens with zero attached hydrogens (tertiary/aromatic N) is 2. The van der Waals surface area contributed by atoms with Crippen LogP contribution >= 0.6 is 0 Å². The molecule has 1 N–H and O–H groups in total. The zero-order valence-corrected chi connectivity index (χ0v) is 11.5. The van der Waals surface area contributed by atoms with Crippen LogP contribution in [0, 0.1) is 0 Å². The van der Waals surface area contributed by atoms with Gasteiger partial charge in [-0.05, 0) is 30.9 Å². The van der Waals surface area contributed by atoms with Crippen molar-refractivity contribution in [2.75, 3.05) is 0 Å². The quantitative estimate of drug-likeness (QED) is 0.859. The van der Waals surface area contributed by atoms with Crippen molar-refractivity contribution < 1.29 is 0 Å². The molecule has 1 aliphatic carbocycles. The summed E-state index contributed by atoms with van der Waals surface area (Å²) >= 11 is 0. The van der Waals surface area contributed by atoms with E-state index in [0.29, 0.717) is 0 Å². The monoisotopic (exact) mass is 255 g/mol. The Kier molecular flexibility index (Phi) is 3.65. The second kappa shape index (κ2) is 5.57. The maximum absolute atomic E-state index is 4.47. The van der Waals surface area contributed by atoms with Crippen molar-refractivity contribution in [1.29, 1.82) is 0 Å². The van der Waals surface area contributed by atoms with Gasteiger partial charge in [-0.15, -0.1) is 0 Å². The Bertz CT molecular complexity index is 540. The summed E-state index contributed by atoms with van der Waals surface area (Å²) in [5.41, 5.74) is 2.61. The first-order valence-electron chi connectivity index (χ1n) is 7.22. The molecule has 0 amide bonds. The number of benzene rings is 1. The lowest BCUT2D eigenvalue weighted by Crippen LogP contribution is -2.17. The lowest BCUT2D eigenvalue weighted by Gasteiger charge is -2.13. The Morgan fingerprint density at radius 3 is 2.95 bits per heavy atom. The third-order valence-corrected chi connectivity index (χ3v) is 3.60. The van der Waals surface area contributed by atoms with Gasteiger partial charge in [0, 0.05) is 31.4 Å². The summed E-state index contributed by atoms with van der Waals surface area (Å²) in [5.74, 6) is 1.15. The molecular formula is C16H21N3. The van der Waals surface area contributed by atoms with E-state index >= 15 is 0 Å². The molecule has 0 unspecified atom stereocenters. The van der Waals surface area contributed by atoms with E-state index in [1.165, 1.54) is 24.1 Å². The first-order valence-corrected chi connectivity index (χ1v) is 7.22. The molecule has 3 heteroatoms. The van der Waals surface area contributed by atoms with Gasteiger partial charge in [0.05, 0.1) is 5.69 Å². The summed E-state index contributed by atoms with van der Waals surface area (Å²) in [5, 5.41) is 3.59. The molecule has 1 aromatic heterocycles. The van der Waals surface area contributed by atoms with E-state index in [9.17, 15) is 0 Å². The van der Waals surface area contributed by atoms with Gasteiger partial charge in [-0.25, -0.2) is 4.98 Å². The van der Waals surface area contributed by atoms with Crippen LogP contribution in [0.5, 0.6) is 0 Å². The van der Waals surface area contributed by atoms with Gasteiger partial charge >= 0.3 is 0 Å². The highest BCUT2D eigenvalue weighted by Crippen LogP contribution is 2.21. The molecule has 1 aromatic carbocycles. The molecule has 1 aliphatic rings. The van der Waals surface area contributed by atoms with Crippen LogP contribution in [0.25, 0.3) is 5.69 Å². The highest BCUT2D eigenvalue weighted by molar-refractivity contribution is 5.42. The van der Waals surface area contributed by atoms with Gasteiger partial charge in [-0.1, -0.05) is 25.1 Å². The normalized spacial score (nSPS) is 14.8. The average molecular weight is 255 g/mol. The van der Waals surface area contributed by atoms with E-state index in [1.807, 2.05) is 6.20 Å². The molecule has 0 spiro atoms. The maximum atomic E-state index is 4.47. The lowest BCUT2D eigenvalue weighted by atomic mass is 10.1. The predicted octanol–water partition coefficient (Wildman–Crippen LogP) is 3.08. The third-order valence-electron chi connectivity index (χ3n) is 3.60. The molecule has 2 aromatic rings. The van der Waals surface area contributed by atoms with Gasteiger partial charge in [0.15, 0.2) is 0 Å². The fourth-order valence-corrected chi connectivity index (χ4v) is 2.40. The third kappa shape index (κ3) is 2.87. The van der Waals surface area contributed by atoms with E-state index in [1.54, 1.807) is 0 Å². The van der Waals surface area contributed by atoms with Gasteiger partial charge in [0.2, 0.25) is 0 Å². The Morgan fingerprint density at radius 2 is 2.16 bits per heavy atom. The van der Waals surface area contributed by atoms with Crippen LogP contribution < -0.4 is 5.32 Å². The van der Waals surface area contributed by atoms with Crippen LogP contribution in [0.3, 0.4) is 0 Å². The number of hydrogen-bond acceptors (Lipinski definition) is 2. The molecule has 0 bridgehead atoms. The van der Waals surface area contributed by atoms with Crippen molar-refractivity contribution in [3.8, 4) is 5.69 Å². The Labute approximate surface area is 114 Å². The molecule has 3 rings (SSSR count). The molecule has 19 heavy (non-hydrogen) atoms. The van der Waals surface area contributed by atoms with Crippen LogP contribution in [0.4, 0.5) is 0 Å². The standard InChI is InChI=1S/C16H21N3/c1-2-5-16-17-10-11-19(16)15-7-4-3-6-13(15)12-18-14-8-9-14/h3-4,6-7,10-11,14,18H,2,5,8-9,12H2,1H3. The number of imidazole rings is 1. The molecule has 3 nitrogen and oxygen atoms in total. The van der Waals surface area contributed by atoms with Gasteiger partial charge in [0.25, 0.3) is 0 Å². The van der Waals surface area contributed by atoms with Crippen molar-refractivity contribution in [3.63, 3.8) is 0 Å². The van der Waals surface area contributed by atoms with Gasteiger partial charge < -0.3 is 9.88 Å². The SMILES string of the molecule is CCCc1nccn1-c1ccccc1CNC1CC1. The topological polar surface area (TPSA) is 29.9 Å². The summed E-state index contributed by atoms with van der Waals surface area (Å²) in [6.07, 6.45) is 8.77. The highest BCUT2D eigenvalue weighted by Gasteiger charge is 2.20. The van der Waals surface area contributed by atoms with Crippen molar-refractivity contribution in [2.45, 2.75) is 45.2 Å². The number of hydrogen-bond donors (Lipinski definition) is 1. The zero-order valence-electron chi connectivity index (χ0n) is 11.5. The van der Waals surface area contributed by atoms with Crippen LogP contribution in [-0.4, -0.2) is 15.6 Å². The van der Waals surface area contributed by atoms with E-state index in [-0.39, 0.29) is 0 Å². The van der Waals surface area contributed by atoms with Crippen molar-refractivity contribution in [3.05, 3.63) is 48.0 Å². The van der Waals surface area contributed by atoms with Crippen molar-refractivity contribution in [2.24, 2.45) is 0 Å². The summed E-state index contributed by atoms with van der Waals surface area (Å²) in [4.78, 5) is 4.47. The fourth-order valence-electron chi connectivity index (χ4n) is 2.40. The molecule has 0 atom stereocenters. The summed E-state index contributed by atoms with van der Waals surface area (Å²) in [7, 11) is 0. The van der Waals surface area contributed by atoms with Crippen LogP contribution in [0.2, 0.25) is 0 Å². The number of aryl methyl sites for hydroxylation is 1. The van der Waals surface area contributed by atoms with Crippen molar-refractivity contribution in [1.82, 2.24) is 14.9 Å². The van der Waals surface area contributed by atoms with Crippen LogP contribution in [0.1, 0.15) is 37.6 Å². The number of para-hydroxylation sites is 1. The minimum Gasteiger partial charge on any atom is -0.310 e. The van der Waals surface area contributed by atoms with E-state index in [4.69, 9.17) is 0 Å². The Hall–Kier alpha value is -1.61. The minimum absolute atomic E-state index is 0.742. The Morgan fingerprint density at radius 1 is 1.32 bits per heavy atom. The molecule has 0 aliphatic heterocycles. The number of rotatable bonds is 6. The zero-order chi connectivity index (χ0) is 13.1. The van der Waals surface area contributed by atoms with E-state index < -0.39 is 0 Å². The average Bonchev–Trinajstić information content (AvgIpc) is 3.16. The molecular weight excluding hydrogens is 234 g/mol. The molecule has 1 fully saturated rings. The minimum atomic E-state index is 0.742. The Balaban J connectivity index is 1.87. The van der Waals surface area contributed by atoms with Gasteiger partial charge in [0.1, 0.15) is 5.82 Å². The first-order chi connectivity index (χ1) is 9.38. The number of aromatic nitrogens is 2. The summed E-state index contributed by atoms with van der Waals surface area (Å²) in [6, 6.07) is 9.35. The molecule has 0 saturated heterocycles. The largest absolute Gasteiger partial charge is 0.310 e. The second-order valence-corrected chi connectivity index (χ2v) is 5.25. The second-order valence-electron chi connectivity index (χ2n) is 5.25. The fraction of sp³-hybridized carbons (Fsp3) is 0.438. The van der Waals surface area contributed by atoms with E-state index in [2.05, 4.69) is 52.3 Å². The van der Waals surface area contributed by atoms with Crippen LogP contribution in [0.15, 0.2) is 36.7 Å². The predicted molar refractivity (Wildman–Crippen MR) is 77.4 cm³/mol. The summed E-state index contributed by atoms with van der Waals surface area (Å²) in [6.45, 7) is 3.14. The smallest absolute Gasteiger partial charge is 0.113 e. The summed E-state index contributed by atoms with van der Waals surface area (Å²) < 4.78 is 2.23. The van der Waals surface area contributed by atoms with Crippen LogP contribution in [-0.2, 0) is 13.0 Å². The van der Waals surface area contributed by atoms with Gasteiger partial charge in [-0.2, -0.15) is 0 Å². The molecule has 1 heterocycles.